The van der Waals surface area contributed by atoms with Gasteiger partial charge in [-0.3, -0.25) is 9.59 Å². The van der Waals surface area contributed by atoms with Gasteiger partial charge in [0.1, 0.15) is 9.88 Å². The smallest absolute Gasteiger partial charge is 0.265 e. The van der Waals surface area contributed by atoms with E-state index < -0.39 is 0 Å². The van der Waals surface area contributed by atoms with E-state index in [1.54, 1.807) is 16.2 Å². The fraction of sp³-hybridized carbons (Fsp3) is 0.357. The number of rotatable bonds is 3. The Morgan fingerprint density at radius 2 is 2.29 bits per heavy atom. The molecule has 0 aliphatic carbocycles. The number of aryl methyl sites for hydroxylation is 1. The van der Waals surface area contributed by atoms with Crippen LogP contribution in [0, 0.1) is 12.8 Å². The largest absolute Gasteiger partial charge is 0.369 e. The van der Waals surface area contributed by atoms with Crippen molar-refractivity contribution in [3.8, 4) is 9.88 Å². The van der Waals surface area contributed by atoms with Gasteiger partial charge in [0.25, 0.3) is 5.91 Å². The standard InChI is InChI=1S/C14H15N3O2S2/c1-8-11(21-13(16-8)10-3-2-6-20-10)14(19)17-5-4-9(7-17)12(15)18/h2-3,6,9H,4-5,7H2,1H3,(H2,15,18)/t9-/m1/s1. The summed E-state index contributed by atoms with van der Waals surface area (Å²) in [5.41, 5.74) is 6.06. The second-order valence-corrected chi connectivity index (χ2v) is 7.00. The van der Waals surface area contributed by atoms with Gasteiger partial charge in [0.15, 0.2) is 0 Å². The minimum Gasteiger partial charge on any atom is -0.369 e. The van der Waals surface area contributed by atoms with Gasteiger partial charge in [-0.2, -0.15) is 0 Å². The highest BCUT2D eigenvalue weighted by molar-refractivity contribution is 7.22. The summed E-state index contributed by atoms with van der Waals surface area (Å²) in [5.74, 6) is -0.596. The van der Waals surface area contributed by atoms with Crippen LogP contribution < -0.4 is 5.73 Å². The van der Waals surface area contributed by atoms with E-state index in [1.807, 2.05) is 24.4 Å². The van der Waals surface area contributed by atoms with Gasteiger partial charge in [-0.05, 0) is 24.8 Å². The lowest BCUT2D eigenvalue weighted by atomic mass is 10.1. The van der Waals surface area contributed by atoms with Crippen LogP contribution in [0.25, 0.3) is 9.88 Å². The molecule has 2 aromatic heterocycles. The Hall–Kier alpha value is -1.73. The van der Waals surface area contributed by atoms with Crippen LogP contribution in [0.2, 0.25) is 0 Å². The van der Waals surface area contributed by atoms with Crippen LogP contribution >= 0.6 is 22.7 Å². The SMILES string of the molecule is Cc1nc(-c2cccs2)sc1C(=O)N1CC[C@@H](C(N)=O)C1. The van der Waals surface area contributed by atoms with Crippen LogP contribution in [-0.4, -0.2) is 34.8 Å². The predicted molar refractivity (Wildman–Crippen MR) is 83.4 cm³/mol. The third kappa shape index (κ3) is 2.71. The molecule has 2 amide bonds. The number of thiazole rings is 1. The number of carbonyl (C=O) groups is 2. The van der Waals surface area contributed by atoms with E-state index in [9.17, 15) is 9.59 Å². The van der Waals surface area contributed by atoms with Crippen molar-refractivity contribution in [1.29, 1.82) is 0 Å². The number of aromatic nitrogens is 1. The molecule has 5 nitrogen and oxygen atoms in total. The first-order chi connectivity index (χ1) is 10.1. The Kier molecular flexibility index (Phi) is 3.77. The van der Waals surface area contributed by atoms with Gasteiger partial charge in [0.05, 0.1) is 16.5 Å². The van der Waals surface area contributed by atoms with Crippen molar-refractivity contribution < 1.29 is 9.59 Å². The molecule has 1 fully saturated rings. The molecule has 1 aliphatic heterocycles. The van der Waals surface area contributed by atoms with E-state index in [4.69, 9.17) is 5.73 Å². The van der Waals surface area contributed by atoms with E-state index in [2.05, 4.69) is 4.98 Å². The van der Waals surface area contributed by atoms with Gasteiger partial charge >= 0.3 is 0 Å². The highest BCUT2D eigenvalue weighted by atomic mass is 32.1. The number of hydrogen-bond donors (Lipinski definition) is 1. The van der Waals surface area contributed by atoms with E-state index in [0.29, 0.717) is 24.4 Å². The molecule has 3 heterocycles. The van der Waals surface area contributed by atoms with Gasteiger partial charge in [-0.25, -0.2) is 4.98 Å². The molecule has 110 valence electrons. The summed E-state index contributed by atoms with van der Waals surface area (Å²) in [5, 5.41) is 2.86. The number of carbonyl (C=O) groups excluding carboxylic acids is 2. The molecular weight excluding hydrogens is 306 g/mol. The molecule has 1 atom stereocenters. The topological polar surface area (TPSA) is 76.3 Å². The van der Waals surface area contributed by atoms with Crippen molar-refractivity contribution >= 4 is 34.5 Å². The normalized spacial score (nSPS) is 18.1. The number of hydrogen-bond acceptors (Lipinski definition) is 5. The molecule has 2 N–H and O–H groups in total. The number of nitrogens with two attached hydrogens (primary N) is 1. The second-order valence-electron chi connectivity index (χ2n) is 5.05. The van der Waals surface area contributed by atoms with Crippen LogP contribution in [0.3, 0.4) is 0 Å². The highest BCUT2D eigenvalue weighted by Crippen LogP contribution is 2.32. The van der Waals surface area contributed by atoms with Crippen molar-refractivity contribution in [2.75, 3.05) is 13.1 Å². The maximum Gasteiger partial charge on any atom is 0.265 e. The quantitative estimate of drug-likeness (QED) is 0.941. The first-order valence-electron chi connectivity index (χ1n) is 6.66. The fourth-order valence-corrected chi connectivity index (χ4v) is 4.25. The Balaban J connectivity index is 1.81. The van der Waals surface area contributed by atoms with Crippen molar-refractivity contribution in [2.45, 2.75) is 13.3 Å². The van der Waals surface area contributed by atoms with E-state index >= 15 is 0 Å². The highest BCUT2D eigenvalue weighted by Gasteiger charge is 2.31. The third-order valence-corrected chi connectivity index (χ3v) is 5.79. The van der Waals surface area contributed by atoms with Crippen LogP contribution in [0.15, 0.2) is 17.5 Å². The average Bonchev–Trinajstić information content (AvgIpc) is 3.18. The zero-order chi connectivity index (χ0) is 15.0. The minimum atomic E-state index is -0.328. The van der Waals surface area contributed by atoms with E-state index in [-0.39, 0.29) is 17.7 Å². The molecule has 3 rings (SSSR count). The molecule has 1 aliphatic rings. The first kappa shape index (κ1) is 14.2. The summed E-state index contributed by atoms with van der Waals surface area (Å²) in [4.78, 5) is 31.7. The Morgan fingerprint density at radius 1 is 1.48 bits per heavy atom. The number of thiophene rings is 1. The van der Waals surface area contributed by atoms with Crippen molar-refractivity contribution in [2.24, 2.45) is 11.7 Å². The van der Waals surface area contributed by atoms with Crippen LogP contribution in [0.4, 0.5) is 0 Å². The summed E-state index contributed by atoms with van der Waals surface area (Å²) in [6.45, 7) is 2.85. The maximum atomic E-state index is 12.6. The molecule has 7 heteroatoms. The van der Waals surface area contributed by atoms with E-state index in [1.165, 1.54) is 11.3 Å². The molecule has 0 aromatic carbocycles. The summed E-state index contributed by atoms with van der Waals surface area (Å²) >= 11 is 3.02. The number of nitrogens with zero attached hydrogens (tertiary/aromatic N) is 2. The van der Waals surface area contributed by atoms with Gasteiger partial charge < -0.3 is 10.6 Å². The summed E-state index contributed by atoms with van der Waals surface area (Å²) in [6, 6.07) is 3.96. The Morgan fingerprint density at radius 3 is 2.90 bits per heavy atom. The predicted octanol–water partition coefficient (Wildman–Crippen LogP) is 2.13. The van der Waals surface area contributed by atoms with Crippen LogP contribution in [0.1, 0.15) is 21.8 Å². The minimum absolute atomic E-state index is 0.0449. The van der Waals surface area contributed by atoms with Gasteiger partial charge in [-0.15, -0.1) is 22.7 Å². The van der Waals surface area contributed by atoms with Crippen molar-refractivity contribution in [3.63, 3.8) is 0 Å². The van der Waals surface area contributed by atoms with Gasteiger partial charge in [-0.1, -0.05) is 6.07 Å². The molecule has 0 saturated carbocycles. The summed E-state index contributed by atoms with van der Waals surface area (Å²) in [7, 11) is 0. The molecule has 21 heavy (non-hydrogen) atoms. The number of primary amides is 1. The summed E-state index contributed by atoms with van der Waals surface area (Å²) in [6.07, 6.45) is 0.650. The molecular formula is C14H15N3O2S2. The van der Waals surface area contributed by atoms with Gasteiger partial charge in [0.2, 0.25) is 5.91 Å². The zero-order valence-corrected chi connectivity index (χ0v) is 13.2. The van der Waals surface area contributed by atoms with Crippen LogP contribution in [0.5, 0.6) is 0 Å². The van der Waals surface area contributed by atoms with Crippen molar-refractivity contribution in [3.05, 3.63) is 28.1 Å². The lowest BCUT2D eigenvalue weighted by Gasteiger charge is -2.14. The molecule has 0 radical (unpaired) electrons. The lowest BCUT2D eigenvalue weighted by Crippen LogP contribution is -2.31. The first-order valence-corrected chi connectivity index (χ1v) is 8.35. The molecule has 0 bridgehead atoms. The van der Waals surface area contributed by atoms with Crippen molar-refractivity contribution in [1.82, 2.24) is 9.88 Å². The Labute approximate surface area is 130 Å². The lowest BCUT2D eigenvalue weighted by molar-refractivity contribution is -0.121. The third-order valence-electron chi connectivity index (χ3n) is 3.60. The number of amides is 2. The molecule has 2 aromatic rings. The zero-order valence-electron chi connectivity index (χ0n) is 11.5. The van der Waals surface area contributed by atoms with Gasteiger partial charge in [0, 0.05) is 13.1 Å². The number of likely N-dealkylation sites (tertiary alicyclic amines) is 1. The van der Waals surface area contributed by atoms with E-state index in [0.717, 1.165) is 15.6 Å². The fourth-order valence-electron chi connectivity index (χ4n) is 2.42. The maximum absolute atomic E-state index is 12.6. The molecule has 0 unspecified atom stereocenters. The van der Waals surface area contributed by atoms with Crippen LogP contribution in [-0.2, 0) is 4.79 Å². The molecule has 0 spiro atoms. The Bertz CT molecular complexity index is 678. The summed E-state index contributed by atoms with van der Waals surface area (Å²) < 4.78 is 0. The molecule has 1 saturated heterocycles. The average molecular weight is 321 g/mol. The second kappa shape index (κ2) is 5.57. The monoisotopic (exact) mass is 321 g/mol.